The molecule has 0 nitrogen and oxygen atoms in total. The fourth-order valence-electron chi connectivity index (χ4n) is 0. The molecule has 0 aromatic heterocycles. The Morgan fingerprint density at radius 1 is 1.60 bits per heavy atom. The first-order valence-corrected chi connectivity index (χ1v) is 0.642. The van der Waals surface area contributed by atoms with Gasteiger partial charge in [0, 0.05) is 0 Å². The van der Waals surface area contributed by atoms with Gasteiger partial charge >= 0.3 is 23.1 Å². The molecular formula is C3H3ClMg. The standard InChI is InChI=1S/C3H3.ClH.Mg/c1-3-2;;/h1H,2H2;1H;/q-1;;+2/p-1. The number of rotatable bonds is 0. The molecule has 0 spiro atoms. The molecule has 0 atom stereocenters. The Hall–Kier alpha value is 0.486. The molecule has 2 heteroatoms. The van der Waals surface area contributed by atoms with Gasteiger partial charge < -0.3 is 24.8 Å². The van der Waals surface area contributed by atoms with Crippen LogP contribution in [0.1, 0.15) is 0 Å². The Bertz CT molecular complexity index is 28.4. The van der Waals surface area contributed by atoms with E-state index in [-0.39, 0.29) is 35.5 Å². The normalized spacial score (nSPS) is 1.40. The van der Waals surface area contributed by atoms with Crippen LogP contribution in [0.25, 0.3) is 0 Å². The van der Waals surface area contributed by atoms with Crippen LogP contribution in [0.4, 0.5) is 0 Å². The summed E-state index contributed by atoms with van der Waals surface area (Å²) in [6, 6.07) is 0. The molecule has 0 unspecified atom stereocenters. The molecule has 0 aliphatic rings. The summed E-state index contributed by atoms with van der Waals surface area (Å²) < 4.78 is 0. The van der Waals surface area contributed by atoms with Crippen LogP contribution in [0.2, 0.25) is 0 Å². The Kier molecular flexibility index (Phi) is 88.2. The van der Waals surface area contributed by atoms with E-state index in [9.17, 15) is 0 Å². The Balaban J connectivity index is -0.0000000200. The maximum absolute atomic E-state index is 4.49. The van der Waals surface area contributed by atoms with E-state index >= 15 is 0 Å². The molecule has 0 fully saturated rings. The summed E-state index contributed by atoms with van der Waals surface area (Å²) in [6.07, 6.45) is 4.49. The second-order valence-electron chi connectivity index (χ2n) is 0.204. The Morgan fingerprint density at radius 3 is 1.60 bits per heavy atom. The molecule has 0 bridgehead atoms. The average Bonchev–Trinajstić information content (AvgIpc) is 0.918. The zero-order valence-corrected chi connectivity index (χ0v) is 5.04. The van der Waals surface area contributed by atoms with Gasteiger partial charge in [-0.2, -0.15) is 6.92 Å². The molecular weight excluding hydrogens is 95.8 g/mol. The van der Waals surface area contributed by atoms with Gasteiger partial charge in [0.15, 0.2) is 0 Å². The van der Waals surface area contributed by atoms with Gasteiger partial charge in [-0.1, -0.05) is 0 Å². The van der Waals surface area contributed by atoms with Crippen LogP contribution in [-0.4, -0.2) is 23.1 Å². The summed E-state index contributed by atoms with van der Waals surface area (Å²) in [5.74, 6) is 2.00. The van der Waals surface area contributed by atoms with Crippen molar-refractivity contribution in [3.8, 4) is 12.3 Å². The molecule has 0 heterocycles. The summed E-state index contributed by atoms with van der Waals surface area (Å²) in [6.45, 7) is 3.01. The molecule has 0 saturated carbocycles. The molecule has 5 heavy (non-hydrogen) atoms. The SMILES string of the molecule is C#C[CH2-].[Cl-].[Mg+2]. The zero-order valence-electron chi connectivity index (χ0n) is 2.87. The maximum Gasteiger partial charge on any atom is 2.00 e. The summed E-state index contributed by atoms with van der Waals surface area (Å²) in [5, 5.41) is 0. The van der Waals surface area contributed by atoms with Crippen molar-refractivity contribution < 1.29 is 12.4 Å². The van der Waals surface area contributed by atoms with Gasteiger partial charge in [0.25, 0.3) is 0 Å². The van der Waals surface area contributed by atoms with E-state index in [0.717, 1.165) is 0 Å². The topological polar surface area (TPSA) is 0 Å². The minimum absolute atomic E-state index is 0. The van der Waals surface area contributed by atoms with E-state index < -0.39 is 0 Å². The minimum Gasteiger partial charge on any atom is -1.00 e. The van der Waals surface area contributed by atoms with Gasteiger partial charge in [-0.3, -0.25) is 0 Å². The summed E-state index contributed by atoms with van der Waals surface area (Å²) >= 11 is 0. The van der Waals surface area contributed by atoms with E-state index in [0.29, 0.717) is 0 Å². The molecule has 0 N–H and O–H groups in total. The van der Waals surface area contributed by atoms with Crippen LogP contribution >= 0.6 is 0 Å². The van der Waals surface area contributed by atoms with Crippen molar-refractivity contribution in [2.75, 3.05) is 0 Å². The van der Waals surface area contributed by atoms with Gasteiger partial charge in [-0.25, -0.2) is 0 Å². The first-order valence-electron chi connectivity index (χ1n) is 0.642. The first kappa shape index (κ1) is 17.9. The quantitative estimate of drug-likeness (QED) is 0.173. The van der Waals surface area contributed by atoms with Crippen molar-refractivity contribution in [1.82, 2.24) is 0 Å². The van der Waals surface area contributed by atoms with E-state index in [1.165, 1.54) is 0 Å². The van der Waals surface area contributed by atoms with Crippen LogP contribution in [0.3, 0.4) is 0 Å². The van der Waals surface area contributed by atoms with E-state index in [2.05, 4.69) is 13.3 Å². The molecule has 0 aliphatic carbocycles. The second kappa shape index (κ2) is 24.7. The molecule has 0 saturated heterocycles. The van der Waals surface area contributed by atoms with Crippen molar-refractivity contribution >= 4 is 23.1 Å². The Morgan fingerprint density at radius 2 is 1.60 bits per heavy atom. The fraction of sp³-hybridized carbons (Fsp3) is 0. The number of halogens is 1. The molecule has 0 aromatic carbocycles. The van der Waals surface area contributed by atoms with E-state index in [1.54, 1.807) is 0 Å². The van der Waals surface area contributed by atoms with Crippen molar-refractivity contribution in [3.63, 3.8) is 0 Å². The van der Waals surface area contributed by atoms with Crippen LogP contribution in [-0.2, 0) is 0 Å². The summed E-state index contributed by atoms with van der Waals surface area (Å²) in [5.41, 5.74) is 0. The van der Waals surface area contributed by atoms with E-state index in [1.807, 2.05) is 5.92 Å². The number of terminal acetylenes is 1. The predicted molar refractivity (Wildman–Crippen MR) is 19.9 cm³/mol. The van der Waals surface area contributed by atoms with Crippen molar-refractivity contribution in [1.29, 1.82) is 0 Å². The van der Waals surface area contributed by atoms with Gasteiger partial charge in [0.05, 0.1) is 0 Å². The van der Waals surface area contributed by atoms with E-state index in [4.69, 9.17) is 0 Å². The summed E-state index contributed by atoms with van der Waals surface area (Å²) in [4.78, 5) is 0. The number of hydrogen-bond donors (Lipinski definition) is 0. The van der Waals surface area contributed by atoms with Gasteiger partial charge in [0.2, 0.25) is 0 Å². The van der Waals surface area contributed by atoms with Gasteiger partial charge in [-0.05, 0) is 0 Å². The second-order valence-corrected chi connectivity index (χ2v) is 0.204. The fourth-order valence-corrected chi connectivity index (χ4v) is 0. The number of hydrogen-bond acceptors (Lipinski definition) is 0. The largest absolute Gasteiger partial charge is 2.00 e. The third-order valence-electron chi connectivity index (χ3n) is 0. The maximum atomic E-state index is 4.49. The molecule has 0 radical (unpaired) electrons. The molecule has 0 aromatic rings. The third-order valence-corrected chi connectivity index (χ3v) is 0. The molecule has 0 rings (SSSR count). The third kappa shape index (κ3) is 117. The minimum atomic E-state index is 0. The van der Waals surface area contributed by atoms with Crippen LogP contribution in [0.15, 0.2) is 0 Å². The first-order chi connectivity index (χ1) is 1.41. The van der Waals surface area contributed by atoms with Crippen molar-refractivity contribution in [3.05, 3.63) is 6.92 Å². The average molecular weight is 98.8 g/mol. The summed E-state index contributed by atoms with van der Waals surface area (Å²) in [7, 11) is 0. The van der Waals surface area contributed by atoms with Crippen molar-refractivity contribution in [2.45, 2.75) is 0 Å². The predicted octanol–water partition coefficient (Wildman–Crippen LogP) is -2.92. The Labute approximate surface area is 54.9 Å². The zero-order chi connectivity index (χ0) is 2.71. The molecule has 0 aliphatic heterocycles. The molecule has 0 amide bonds. The smallest absolute Gasteiger partial charge is 1.00 e. The van der Waals surface area contributed by atoms with Gasteiger partial charge in [0.1, 0.15) is 0 Å². The van der Waals surface area contributed by atoms with Gasteiger partial charge in [-0.15, -0.1) is 0 Å². The monoisotopic (exact) mass is 98.0 g/mol. The van der Waals surface area contributed by atoms with Crippen molar-refractivity contribution in [2.24, 2.45) is 0 Å². The van der Waals surface area contributed by atoms with Crippen LogP contribution in [0.5, 0.6) is 0 Å². The molecule has 24 valence electrons. The van der Waals surface area contributed by atoms with Crippen LogP contribution < -0.4 is 12.4 Å². The van der Waals surface area contributed by atoms with Crippen LogP contribution in [0, 0.1) is 19.3 Å².